The second kappa shape index (κ2) is 4.04. The average molecular weight is 247 g/mol. The summed E-state index contributed by atoms with van der Waals surface area (Å²) in [6, 6.07) is 5.52. The van der Waals surface area contributed by atoms with E-state index in [0.29, 0.717) is 15.2 Å². The van der Waals surface area contributed by atoms with Gasteiger partial charge < -0.3 is 0 Å². The molecule has 1 aromatic rings. The van der Waals surface area contributed by atoms with E-state index < -0.39 is 0 Å². The molecular weight excluding hydrogens is 239 g/mol. The maximum atomic E-state index is 6.05. The van der Waals surface area contributed by atoms with Crippen molar-refractivity contribution in [3.05, 3.63) is 33.8 Å². The quantitative estimate of drug-likeness (QED) is 0.747. The minimum atomic E-state index is 0.0739. The molecule has 2 rings (SSSR count). The van der Waals surface area contributed by atoms with Gasteiger partial charge >= 0.3 is 0 Å². The Hall–Kier alpha value is -0.320. The van der Waals surface area contributed by atoms with E-state index in [2.05, 4.69) is 5.32 Å². The summed E-state index contributed by atoms with van der Waals surface area (Å²) < 4.78 is 0. The first-order valence-electron chi connectivity index (χ1n) is 4.01. The number of hydrogen-bond donors (Lipinski definition) is 2. The zero-order valence-electron chi connectivity index (χ0n) is 7.13. The third kappa shape index (κ3) is 2.02. The molecule has 0 saturated carbocycles. The number of rotatable bonds is 1. The second-order valence-electron chi connectivity index (χ2n) is 2.91. The van der Waals surface area contributed by atoms with Crippen LogP contribution < -0.4 is 11.1 Å². The van der Waals surface area contributed by atoms with E-state index >= 15 is 0 Å². The number of hydrogen-bond acceptors (Lipinski definition) is 2. The lowest BCUT2D eigenvalue weighted by molar-refractivity contribution is 0.865. The van der Waals surface area contributed by atoms with Crippen LogP contribution in [-0.4, -0.2) is 10.5 Å². The Labute approximate surface area is 95.5 Å². The molecule has 1 atom stereocenters. The maximum Gasteiger partial charge on any atom is 0.111 e. The molecule has 0 amide bonds. The van der Waals surface area contributed by atoms with Gasteiger partial charge in [-0.25, -0.2) is 0 Å². The molecule has 0 fully saturated rings. The van der Waals surface area contributed by atoms with E-state index in [1.165, 1.54) is 10.9 Å². The highest BCUT2D eigenvalue weighted by Gasteiger charge is 2.15. The van der Waals surface area contributed by atoms with Crippen LogP contribution in [0, 0.1) is 0 Å². The van der Waals surface area contributed by atoms with Crippen molar-refractivity contribution in [2.45, 2.75) is 6.04 Å². The Morgan fingerprint density at radius 3 is 2.71 bits per heavy atom. The molecule has 2 nitrogen and oxygen atoms in total. The van der Waals surface area contributed by atoms with Gasteiger partial charge in [-0.2, -0.15) is 0 Å². The fraction of sp³-hybridized carbons (Fsp3) is 0.111. The van der Waals surface area contributed by atoms with Crippen molar-refractivity contribution < 1.29 is 0 Å². The van der Waals surface area contributed by atoms with Crippen molar-refractivity contribution in [2.75, 3.05) is 0 Å². The summed E-state index contributed by atoms with van der Waals surface area (Å²) in [6.07, 6.45) is 0. The zero-order chi connectivity index (χ0) is 10.1. The molecule has 0 saturated heterocycles. The first-order valence-corrected chi connectivity index (χ1v) is 5.64. The topological polar surface area (TPSA) is 38.0 Å². The molecule has 0 aliphatic carbocycles. The van der Waals surface area contributed by atoms with Crippen molar-refractivity contribution in [1.82, 2.24) is 5.32 Å². The van der Waals surface area contributed by atoms with Gasteiger partial charge in [0.15, 0.2) is 0 Å². The molecule has 14 heavy (non-hydrogen) atoms. The van der Waals surface area contributed by atoms with E-state index in [9.17, 15) is 0 Å². The van der Waals surface area contributed by atoms with Gasteiger partial charge in [0.05, 0.1) is 6.04 Å². The van der Waals surface area contributed by atoms with Gasteiger partial charge in [0.25, 0.3) is 0 Å². The summed E-state index contributed by atoms with van der Waals surface area (Å²) >= 11 is 11.9. The van der Waals surface area contributed by atoms with E-state index in [1.807, 2.05) is 17.5 Å². The van der Waals surface area contributed by atoms with E-state index in [-0.39, 0.29) is 6.04 Å². The molecule has 1 aliphatic rings. The standard InChI is InChI=1S/C9H8Cl2N2S/c10-5-1-2-6(7(11)3-5)8-4-14-9(12)13-8/h1-4,8,13H,12H2/t8-/m1/s1. The minimum Gasteiger partial charge on any atom is -0.285 e. The lowest BCUT2D eigenvalue weighted by Crippen LogP contribution is -2.30. The van der Waals surface area contributed by atoms with Crippen LogP contribution in [0.2, 0.25) is 10.0 Å². The molecule has 0 radical (unpaired) electrons. The Morgan fingerprint density at radius 1 is 1.36 bits per heavy atom. The van der Waals surface area contributed by atoms with Crippen LogP contribution in [0.25, 0.3) is 0 Å². The third-order valence-electron chi connectivity index (χ3n) is 1.93. The smallest absolute Gasteiger partial charge is 0.111 e. The molecule has 0 unspecified atom stereocenters. The molecule has 1 heterocycles. The van der Waals surface area contributed by atoms with Gasteiger partial charge in [0, 0.05) is 10.0 Å². The summed E-state index contributed by atoms with van der Waals surface area (Å²) in [4.78, 5) is 0. The first-order chi connectivity index (χ1) is 6.66. The molecule has 1 aliphatic heterocycles. The Balaban J connectivity index is 2.31. The monoisotopic (exact) mass is 246 g/mol. The van der Waals surface area contributed by atoms with Crippen molar-refractivity contribution in [3.8, 4) is 0 Å². The van der Waals surface area contributed by atoms with Crippen LogP contribution >= 0.6 is 34.1 Å². The van der Waals surface area contributed by atoms with Crippen molar-refractivity contribution >= 4 is 44.6 Å². The largest absolute Gasteiger partial charge is 0.285 e. The Bertz CT molecular complexity index is 438. The van der Waals surface area contributed by atoms with E-state index in [0.717, 1.165) is 5.56 Å². The molecule has 1 aromatic carbocycles. The van der Waals surface area contributed by atoms with Crippen LogP contribution in [0.5, 0.6) is 0 Å². The fourth-order valence-corrected chi connectivity index (χ4v) is 2.49. The Kier molecular flexibility index (Phi) is 2.95. The SMILES string of the molecule is NC1=S=C[C@H](c2ccc(Cl)cc2Cl)N1. The van der Waals surface area contributed by atoms with E-state index in [1.54, 1.807) is 6.07 Å². The average Bonchev–Trinajstić information content (AvgIpc) is 2.51. The van der Waals surface area contributed by atoms with Gasteiger partial charge in [0.2, 0.25) is 0 Å². The summed E-state index contributed by atoms with van der Waals surface area (Å²) in [6.45, 7) is 0. The Morgan fingerprint density at radius 2 is 2.14 bits per heavy atom. The van der Waals surface area contributed by atoms with Crippen LogP contribution in [0.1, 0.15) is 11.6 Å². The summed E-state index contributed by atoms with van der Waals surface area (Å²) in [7, 11) is 1.48. The maximum absolute atomic E-state index is 6.05. The molecule has 74 valence electrons. The molecule has 3 N–H and O–H groups in total. The number of halogens is 2. The van der Waals surface area contributed by atoms with Crippen LogP contribution in [-0.2, 0) is 0 Å². The summed E-state index contributed by atoms with van der Waals surface area (Å²) in [5.41, 5.74) is 6.60. The van der Waals surface area contributed by atoms with Gasteiger partial charge in [-0.05, 0) is 23.1 Å². The van der Waals surface area contributed by atoms with Crippen molar-refractivity contribution in [1.29, 1.82) is 0 Å². The highest BCUT2D eigenvalue weighted by Crippen LogP contribution is 2.26. The number of nitrogens with one attached hydrogen (secondary N) is 1. The predicted octanol–water partition coefficient (Wildman–Crippen LogP) is 2.22. The van der Waals surface area contributed by atoms with Gasteiger partial charge in [-0.3, -0.25) is 11.1 Å². The van der Waals surface area contributed by atoms with Crippen LogP contribution in [0.3, 0.4) is 0 Å². The minimum absolute atomic E-state index is 0.0739. The molecule has 5 heteroatoms. The van der Waals surface area contributed by atoms with E-state index in [4.69, 9.17) is 28.9 Å². The number of nitrogens with two attached hydrogens (primary N) is 1. The second-order valence-corrected chi connectivity index (χ2v) is 4.70. The summed E-state index contributed by atoms with van der Waals surface area (Å²) in [5.74, 6) is 0. The molecule has 0 bridgehead atoms. The number of benzene rings is 1. The van der Waals surface area contributed by atoms with Crippen molar-refractivity contribution in [3.63, 3.8) is 0 Å². The normalized spacial score (nSPS) is 20.5. The lowest BCUT2D eigenvalue weighted by atomic mass is 10.1. The molecular formula is C9H8Cl2N2S. The highest BCUT2D eigenvalue weighted by atomic mass is 35.5. The summed E-state index contributed by atoms with van der Waals surface area (Å²) in [5, 5.41) is 7.10. The van der Waals surface area contributed by atoms with Crippen LogP contribution in [0.4, 0.5) is 0 Å². The molecule has 0 spiro atoms. The lowest BCUT2D eigenvalue weighted by Gasteiger charge is -2.11. The third-order valence-corrected chi connectivity index (χ3v) is 3.27. The first kappa shape index (κ1) is 10.2. The predicted molar refractivity (Wildman–Crippen MR) is 65.2 cm³/mol. The van der Waals surface area contributed by atoms with Gasteiger partial charge in [0.1, 0.15) is 5.11 Å². The highest BCUT2D eigenvalue weighted by molar-refractivity contribution is 7.97. The van der Waals surface area contributed by atoms with Crippen LogP contribution in [0.15, 0.2) is 18.2 Å². The van der Waals surface area contributed by atoms with Gasteiger partial charge in [-0.15, -0.1) is 10.9 Å². The van der Waals surface area contributed by atoms with Gasteiger partial charge in [-0.1, -0.05) is 29.3 Å². The fourth-order valence-electron chi connectivity index (χ4n) is 1.27. The van der Waals surface area contributed by atoms with Crippen molar-refractivity contribution in [2.24, 2.45) is 5.73 Å². The molecule has 0 aromatic heterocycles. The zero-order valence-corrected chi connectivity index (χ0v) is 9.46.